The fraction of sp³-hybridized carbons (Fsp3) is 0.667. The molecule has 0 saturated heterocycles. The first-order valence-corrected chi connectivity index (χ1v) is 6.77. The summed E-state index contributed by atoms with van der Waals surface area (Å²) in [5, 5.41) is 7.21. The molecule has 0 aliphatic rings. The summed E-state index contributed by atoms with van der Waals surface area (Å²) in [7, 11) is 1.64. The fourth-order valence-corrected chi connectivity index (χ4v) is 2.03. The van der Waals surface area contributed by atoms with Crippen molar-refractivity contribution in [1.29, 1.82) is 0 Å². The van der Waals surface area contributed by atoms with Crippen LogP contribution in [0.2, 0.25) is 0 Å². The summed E-state index contributed by atoms with van der Waals surface area (Å²) >= 11 is 3.29. The lowest BCUT2D eigenvalue weighted by molar-refractivity contribution is 0.544. The van der Waals surface area contributed by atoms with Gasteiger partial charge in [-0.3, -0.25) is 4.79 Å². The minimum absolute atomic E-state index is 0.114. The Morgan fingerprint density at radius 2 is 2.18 bits per heavy atom. The zero-order valence-electron chi connectivity index (χ0n) is 10.7. The smallest absolute Gasteiger partial charge is 0.282 e. The second-order valence-corrected chi connectivity index (χ2v) is 5.41. The van der Waals surface area contributed by atoms with Gasteiger partial charge in [-0.05, 0) is 28.3 Å². The molecule has 1 N–H and O–H groups in total. The maximum absolute atomic E-state index is 11.6. The molecular weight excluding hydrogens is 282 g/mol. The average Bonchev–Trinajstić information content (AvgIpc) is 2.28. The van der Waals surface area contributed by atoms with Crippen LogP contribution in [-0.4, -0.2) is 16.3 Å². The van der Waals surface area contributed by atoms with Crippen molar-refractivity contribution in [1.82, 2.24) is 9.78 Å². The average molecular weight is 302 g/mol. The third-order valence-corrected chi connectivity index (χ3v) is 3.37. The summed E-state index contributed by atoms with van der Waals surface area (Å²) in [4.78, 5) is 11.6. The van der Waals surface area contributed by atoms with E-state index in [-0.39, 0.29) is 5.56 Å². The van der Waals surface area contributed by atoms with Crippen LogP contribution in [-0.2, 0) is 7.05 Å². The van der Waals surface area contributed by atoms with E-state index in [0.717, 1.165) is 24.6 Å². The number of anilines is 1. The molecule has 0 saturated carbocycles. The van der Waals surface area contributed by atoms with Crippen LogP contribution in [0, 0.1) is 5.92 Å². The van der Waals surface area contributed by atoms with E-state index in [0.29, 0.717) is 4.47 Å². The lowest BCUT2D eigenvalue weighted by Crippen LogP contribution is -2.21. The highest BCUT2D eigenvalue weighted by atomic mass is 79.9. The van der Waals surface area contributed by atoms with Gasteiger partial charge in [0.15, 0.2) is 0 Å². The number of unbranched alkanes of at least 4 members (excludes halogenated alkanes) is 1. The van der Waals surface area contributed by atoms with Crippen molar-refractivity contribution in [3.05, 3.63) is 21.0 Å². The summed E-state index contributed by atoms with van der Waals surface area (Å²) in [5.41, 5.74) is 0.662. The van der Waals surface area contributed by atoms with Crippen molar-refractivity contribution >= 4 is 21.6 Å². The number of hydrogen-bond acceptors (Lipinski definition) is 3. The monoisotopic (exact) mass is 301 g/mol. The van der Waals surface area contributed by atoms with Gasteiger partial charge in [0.1, 0.15) is 4.47 Å². The molecule has 0 radical (unpaired) electrons. The first-order valence-electron chi connectivity index (χ1n) is 5.98. The lowest BCUT2D eigenvalue weighted by Gasteiger charge is -2.09. The molecule has 0 unspecified atom stereocenters. The van der Waals surface area contributed by atoms with Crippen molar-refractivity contribution in [3.63, 3.8) is 0 Å². The number of nitrogens with one attached hydrogen (secondary N) is 1. The number of nitrogens with zero attached hydrogens (tertiary/aromatic N) is 2. The third-order valence-electron chi connectivity index (χ3n) is 2.60. The van der Waals surface area contributed by atoms with Crippen LogP contribution in [0.3, 0.4) is 0 Å². The van der Waals surface area contributed by atoms with Crippen LogP contribution < -0.4 is 10.9 Å². The summed E-state index contributed by atoms with van der Waals surface area (Å²) in [6.07, 6.45) is 5.24. The Kier molecular flexibility index (Phi) is 5.68. The zero-order chi connectivity index (χ0) is 12.8. The van der Waals surface area contributed by atoms with Crippen molar-refractivity contribution < 1.29 is 0 Å². The number of halogens is 1. The molecule has 4 nitrogen and oxygen atoms in total. The van der Waals surface area contributed by atoms with Crippen LogP contribution in [0.4, 0.5) is 5.69 Å². The highest BCUT2D eigenvalue weighted by Gasteiger charge is 2.05. The molecule has 1 heterocycles. The molecule has 96 valence electrons. The van der Waals surface area contributed by atoms with Gasteiger partial charge in [0, 0.05) is 13.6 Å². The van der Waals surface area contributed by atoms with E-state index in [2.05, 4.69) is 40.2 Å². The van der Waals surface area contributed by atoms with E-state index in [4.69, 9.17) is 0 Å². The van der Waals surface area contributed by atoms with E-state index in [1.54, 1.807) is 13.2 Å². The molecule has 0 bridgehead atoms. The van der Waals surface area contributed by atoms with Gasteiger partial charge in [-0.25, -0.2) is 4.68 Å². The van der Waals surface area contributed by atoms with Gasteiger partial charge in [0.2, 0.25) is 0 Å². The van der Waals surface area contributed by atoms with Crippen LogP contribution >= 0.6 is 15.9 Å². The molecule has 5 heteroatoms. The second kappa shape index (κ2) is 6.79. The Balaban J connectivity index is 2.42. The minimum atomic E-state index is -0.114. The molecule has 0 amide bonds. The number of aromatic nitrogens is 2. The van der Waals surface area contributed by atoms with Crippen LogP contribution in [0.25, 0.3) is 0 Å². The maximum Gasteiger partial charge on any atom is 0.282 e. The van der Waals surface area contributed by atoms with Gasteiger partial charge in [-0.2, -0.15) is 5.10 Å². The minimum Gasteiger partial charge on any atom is -0.383 e. The predicted octanol–water partition coefficient (Wildman–Crippen LogP) is 2.78. The standard InChI is InChI=1S/C12H20BrN3O/c1-9(2)6-4-5-7-14-10-8-15-16(3)12(17)11(10)13/h8-9,14H,4-7H2,1-3H3. The van der Waals surface area contributed by atoms with Crippen molar-refractivity contribution in [2.24, 2.45) is 13.0 Å². The Bertz CT molecular complexity index is 415. The van der Waals surface area contributed by atoms with E-state index in [1.807, 2.05) is 0 Å². The molecule has 1 aromatic heterocycles. The summed E-state index contributed by atoms with van der Waals surface area (Å²) in [6, 6.07) is 0. The van der Waals surface area contributed by atoms with Gasteiger partial charge in [0.25, 0.3) is 5.56 Å². The maximum atomic E-state index is 11.6. The Morgan fingerprint density at radius 1 is 1.47 bits per heavy atom. The van der Waals surface area contributed by atoms with E-state index >= 15 is 0 Å². The Hall–Kier alpha value is -0.840. The first kappa shape index (κ1) is 14.2. The molecule has 0 fully saturated rings. The summed E-state index contributed by atoms with van der Waals surface area (Å²) < 4.78 is 1.87. The van der Waals surface area contributed by atoms with E-state index in [1.165, 1.54) is 17.5 Å². The Labute approximate surface area is 111 Å². The number of aryl methyl sites for hydroxylation is 1. The second-order valence-electron chi connectivity index (χ2n) is 4.62. The molecule has 0 aromatic carbocycles. The highest BCUT2D eigenvalue weighted by molar-refractivity contribution is 9.10. The molecular formula is C12H20BrN3O. The summed E-state index contributed by atoms with van der Waals surface area (Å²) in [6.45, 7) is 5.34. The van der Waals surface area contributed by atoms with Gasteiger partial charge in [-0.15, -0.1) is 0 Å². The van der Waals surface area contributed by atoms with Gasteiger partial charge < -0.3 is 5.32 Å². The zero-order valence-corrected chi connectivity index (χ0v) is 12.2. The van der Waals surface area contributed by atoms with Crippen LogP contribution in [0.5, 0.6) is 0 Å². The van der Waals surface area contributed by atoms with Crippen LogP contribution in [0.15, 0.2) is 15.5 Å². The topological polar surface area (TPSA) is 46.9 Å². The first-order chi connectivity index (χ1) is 8.02. The molecule has 17 heavy (non-hydrogen) atoms. The Morgan fingerprint density at radius 3 is 2.82 bits per heavy atom. The van der Waals surface area contributed by atoms with Crippen molar-refractivity contribution in [3.8, 4) is 0 Å². The molecule has 0 aliphatic heterocycles. The van der Waals surface area contributed by atoms with Gasteiger partial charge in [-0.1, -0.05) is 26.7 Å². The van der Waals surface area contributed by atoms with Crippen LogP contribution in [0.1, 0.15) is 33.1 Å². The third kappa shape index (κ3) is 4.50. The quantitative estimate of drug-likeness (QED) is 0.822. The predicted molar refractivity (Wildman–Crippen MR) is 74.4 cm³/mol. The molecule has 0 aliphatic carbocycles. The fourth-order valence-electron chi connectivity index (χ4n) is 1.53. The summed E-state index contributed by atoms with van der Waals surface area (Å²) in [5.74, 6) is 0.757. The number of hydrogen-bond donors (Lipinski definition) is 1. The van der Waals surface area contributed by atoms with Crippen molar-refractivity contribution in [2.75, 3.05) is 11.9 Å². The molecule has 1 aromatic rings. The lowest BCUT2D eigenvalue weighted by atomic mass is 10.1. The highest BCUT2D eigenvalue weighted by Crippen LogP contribution is 2.16. The van der Waals surface area contributed by atoms with Crippen molar-refractivity contribution in [2.45, 2.75) is 33.1 Å². The SMILES string of the molecule is CC(C)CCCCNc1cnn(C)c(=O)c1Br. The van der Waals surface area contributed by atoms with E-state index in [9.17, 15) is 4.79 Å². The van der Waals surface area contributed by atoms with E-state index < -0.39 is 0 Å². The molecule has 0 spiro atoms. The normalized spacial score (nSPS) is 10.9. The molecule has 1 rings (SSSR count). The number of rotatable bonds is 6. The van der Waals surface area contributed by atoms with Gasteiger partial charge >= 0.3 is 0 Å². The molecule has 0 atom stereocenters. The van der Waals surface area contributed by atoms with Gasteiger partial charge in [0.05, 0.1) is 11.9 Å². The largest absolute Gasteiger partial charge is 0.383 e.